The van der Waals surface area contributed by atoms with Gasteiger partial charge in [0.1, 0.15) is 0 Å². The third kappa shape index (κ3) is 3.25. The van der Waals surface area contributed by atoms with E-state index in [1.54, 1.807) is 13.0 Å². The molecular formula is C8H9BrF3NS. The van der Waals surface area contributed by atoms with Crippen molar-refractivity contribution < 1.29 is 13.2 Å². The molecule has 0 amide bonds. The molecule has 0 aliphatic heterocycles. The number of thiophene rings is 1. The Balaban J connectivity index is 2.79. The molecule has 2 N–H and O–H groups in total. The summed E-state index contributed by atoms with van der Waals surface area (Å²) in [5, 5.41) is 0. The number of nitrogens with two attached hydrogens (primary N) is 1. The first-order valence-corrected chi connectivity index (χ1v) is 5.48. The second-order valence-corrected chi connectivity index (χ2v) is 5.62. The monoisotopic (exact) mass is 287 g/mol. The largest absolute Gasteiger partial charge is 0.390 e. The standard InChI is InChI=1S/C8H9BrF3NS/c1-4-5(2-7(9)14-4)6(13)3-8(10,11)12/h2,6H,3,13H2,1H3. The molecule has 1 aromatic heterocycles. The molecule has 0 aromatic carbocycles. The van der Waals surface area contributed by atoms with E-state index in [2.05, 4.69) is 15.9 Å². The molecule has 0 saturated heterocycles. The van der Waals surface area contributed by atoms with E-state index in [-0.39, 0.29) is 0 Å². The number of halogens is 4. The summed E-state index contributed by atoms with van der Waals surface area (Å²) in [5.74, 6) is 0. The van der Waals surface area contributed by atoms with E-state index in [0.717, 1.165) is 8.66 Å². The maximum Gasteiger partial charge on any atom is 0.390 e. The minimum atomic E-state index is -4.21. The lowest BCUT2D eigenvalue weighted by atomic mass is 10.1. The molecule has 0 bridgehead atoms. The van der Waals surface area contributed by atoms with Crippen LogP contribution >= 0.6 is 27.3 Å². The van der Waals surface area contributed by atoms with Gasteiger partial charge in [-0.25, -0.2) is 0 Å². The van der Waals surface area contributed by atoms with E-state index < -0.39 is 18.6 Å². The zero-order valence-corrected chi connectivity index (χ0v) is 9.76. The molecule has 0 saturated carbocycles. The average molecular weight is 288 g/mol. The summed E-state index contributed by atoms with van der Waals surface area (Å²) in [7, 11) is 0. The molecule has 1 heterocycles. The number of hydrogen-bond acceptors (Lipinski definition) is 2. The fourth-order valence-electron chi connectivity index (χ4n) is 1.19. The van der Waals surface area contributed by atoms with Crippen LogP contribution in [0.1, 0.15) is 22.9 Å². The molecule has 80 valence electrons. The van der Waals surface area contributed by atoms with Crippen LogP contribution in [0.4, 0.5) is 13.2 Å². The van der Waals surface area contributed by atoms with Gasteiger partial charge >= 0.3 is 6.18 Å². The van der Waals surface area contributed by atoms with Crippen LogP contribution in [0.15, 0.2) is 9.85 Å². The summed E-state index contributed by atoms with van der Waals surface area (Å²) in [6.45, 7) is 1.76. The number of alkyl halides is 3. The molecule has 1 rings (SSSR count). The fourth-order valence-corrected chi connectivity index (χ4v) is 2.97. The van der Waals surface area contributed by atoms with Crippen LogP contribution in [-0.4, -0.2) is 6.18 Å². The van der Waals surface area contributed by atoms with E-state index in [1.165, 1.54) is 11.3 Å². The molecule has 0 fully saturated rings. The Kier molecular flexibility index (Phi) is 3.60. The quantitative estimate of drug-likeness (QED) is 0.880. The molecule has 1 aromatic rings. The van der Waals surface area contributed by atoms with Gasteiger partial charge in [0.15, 0.2) is 0 Å². The summed E-state index contributed by atoms with van der Waals surface area (Å²) in [5.41, 5.74) is 6.03. The Morgan fingerprint density at radius 3 is 2.50 bits per heavy atom. The van der Waals surface area contributed by atoms with Crippen molar-refractivity contribution in [2.24, 2.45) is 5.73 Å². The van der Waals surface area contributed by atoms with E-state index in [4.69, 9.17) is 5.73 Å². The van der Waals surface area contributed by atoms with Crippen LogP contribution in [0, 0.1) is 6.92 Å². The first-order chi connectivity index (χ1) is 6.29. The first-order valence-electron chi connectivity index (χ1n) is 3.88. The van der Waals surface area contributed by atoms with Crippen molar-refractivity contribution in [3.8, 4) is 0 Å². The molecular weight excluding hydrogens is 279 g/mol. The van der Waals surface area contributed by atoms with Crippen molar-refractivity contribution in [3.05, 3.63) is 20.3 Å². The Bertz CT molecular complexity index is 321. The second kappa shape index (κ2) is 4.20. The highest BCUT2D eigenvalue weighted by Gasteiger charge is 2.31. The molecule has 1 unspecified atom stereocenters. The Labute approximate surface area is 92.2 Å². The van der Waals surface area contributed by atoms with Gasteiger partial charge in [0.2, 0.25) is 0 Å². The average Bonchev–Trinajstić information content (AvgIpc) is 2.26. The normalized spacial score (nSPS) is 14.4. The predicted octanol–water partition coefficient (Wildman–Crippen LogP) is 3.77. The molecule has 1 atom stereocenters. The Hall–Kier alpha value is -0.0700. The summed E-state index contributed by atoms with van der Waals surface area (Å²) in [6, 6.07) is 0.689. The van der Waals surface area contributed by atoms with Crippen LogP contribution in [-0.2, 0) is 0 Å². The van der Waals surface area contributed by atoms with Gasteiger partial charge in [0.25, 0.3) is 0 Å². The van der Waals surface area contributed by atoms with Crippen molar-refractivity contribution in [1.29, 1.82) is 0 Å². The van der Waals surface area contributed by atoms with Gasteiger partial charge in [-0.2, -0.15) is 13.2 Å². The lowest BCUT2D eigenvalue weighted by Gasteiger charge is -2.13. The topological polar surface area (TPSA) is 26.0 Å². The third-order valence-electron chi connectivity index (χ3n) is 1.78. The van der Waals surface area contributed by atoms with Gasteiger partial charge in [-0.1, -0.05) is 0 Å². The van der Waals surface area contributed by atoms with Crippen LogP contribution < -0.4 is 5.73 Å². The second-order valence-electron chi connectivity index (χ2n) is 2.99. The van der Waals surface area contributed by atoms with Crippen molar-refractivity contribution in [1.82, 2.24) is 0 Å². The van der Waals surface area contributed by atoms with Gasteiger partial charge < -0.3 is 5.73 Å². The molecule has 0 radical (unpaired) electrons. The molecule has 6 heteroatoms. The summed E-state index contributed by atoms with van der Waals surface area (Å²) in [4.78, 5) is 0.827. The van der Waals surface area contributed by atoms with Gasteiger partial charge in [-0.05, 0) is 34.5 Å². The smallest absolute Gasteiger partial charge is 0.324 e. The summed E-state index contributed by atoms with van der Waals surface area (Å²) < 4.78 is 36.9. The number of rotatable bonds is 2. The first kappa shape index (κ1) is 12.0. The van der Waals surface area contributed by atoms with Crippen LogP contribution in [0.25, 0.3) is 0 Å². The van der Waals surface area contributed by atoms with Gasteiger partial charge in [-0.15, -0.1) is 11.3 Å². The number of aryl methyl sites for hydroxylation is 1. The predicted molar refractivity (Wildman–Crippen MR) is 54.4 cm³/mol. The maximum absolute atomic E-state index is 12.0. The fraction of sp³-hybridized carbons (Fsp3) is 0.500. The lowest BCUT2D eigenvalue weighted by molar-refractivity contribution is -0.138. The van der Waals surface area contributed by atoms with Crippen LogP contribution in [0.2, 0.25) is 0 Å². The van der Waals surface area contributed by atoms with Gasteiger partial charge in [0, 0.05) is 10.9 Å². The highest BCUT2D eigenvalue weighted by molar-refractivity contribution is 9.11. The SMILES string of the molecule is Cc1sc(Br)cc1C(N)CC(F)(F)F. The summed E-state index contributed by atoms with van der Waals surface area (Å²) >= 11 is 4.61. The van der Waals surface area contributed by atoms with Gasteiger partial charge in [-0.3, -0.25) is 0 Å². The van der Waals surface area contributed by atoms with E-state index in [0.29, 0.717) is 5.56 Å². The zero-order valence-electron chi connectivity index (χ0n) is 7.36. The minimum Gasteiger partial charge on any atom is -0.324 e. The van der Waals surface area contributed by atoms with Crippen molar-refractivity contribution >= 4 is 27.3 Å². The van der Waals surface area contributed by atoms with Crippen molar-refractivity contribution in [2.75, 3.05) is 0 Å². The highest BCUT2D eigenvalue weighted by Crippen LogP contribution is 2.34. The molecule has 1 nitrogen and oxygen atoms in total. The summed E-state index contributed by atoms with van der Waals surface area (Å²) in [6.07, 6.45) is -5.18. The molecule has 0 spiro atoms. The lowest BCUT2D eigenvalue weighted by Crippen LogP contribution is -2.20. The Morgan fingerprint density at radius 1 is 1.57 bits per heavy atom. The van der Waals surface area contributed by atoms with Crippen molar-refractivity contribution in [2.45, 2.75) is 25.6 Å². The Morgan fingerprint density at radius 2 is 2.14 bits per heavy atom. The minimum absolute atomic E-state index is 0.569. The van der Waals surface area contributed by atoms with Crippen LogP contribution in [0.3, 0.4) is 0 Å². The third-order valence-corrected chi connectivity index (χ3v) is 3.35. The van der Waals surface area contributed by atoms with E-state index in [9.17, 15) is 13.2 Å². The zero-order chi connectivity index (χ0) is 10.9. The molecule has 0 aliphatic rings. The van der Waals surface area contributed by atoms with Gasteiger partial charge in [0.05, 0.1) is 10.2 Å². The molecule has 14 heavy (non-hydrogen) atoms. The maximum atomic E-state index is 12.0. The van der Waals surface area contributed by atoms with Crippen molar-refractivity contribution in [3.63, 3.8) is 0 Å². The van der Waals surface area contributed by atoms with E-state index >= 15 is 0 Å². The van der Waals surface area contributed by atoms with E-state index in [1.807, 2.05) is 0 Å². The molecule has 0 aliphatic carbocycles. The van der Waals surface area contributed by atoms with Crippen LogP contribution in [0.5, 0.6) is 0 Å². The highest BCUT2D eigenvalue weighted by atomic mass is 79.9. The number of hydrogen-bond donors (Lipinski definition) is 1.